The minimum Gasteiger partial charge on any atom is -0.488 e. The Labute approximate surface area is 160 Å². The van der Waals surface area contributed by atoms with Crippen molar-refractivity contribution in [1.82, 2.24) is 9.78 Å². The molecular formula is C17H9BrCl2N2O3. The Balaban J connectivity index is 2.04. The molecule has 126 valence electrons. The molecule has 0 atom stereocenters. The molecule has 0 aliphatic carbocycles. The summed E-state index contributed by atoms with van der Waals surface area (Å²) in [4.78, 5) is 11.6. The van der Waals surface area contributed by atoms with Gasteiger partial charge in [0.2, 0.25) is 0 Å². The molecule has 2 aromatic carbocycles. The van der Waals surface area contributed by atoms with Crippen molar-refractivity contribution in [2.45, 2.75) is 6.61 Å². The van der Waals surface area contributed by atoms with Gasteiger partial charge in [-0.15, -0.1) is 0 Å². The SMILES string of the molecule is O=C(O)c1nn(-c2ccc(Cl)cc2Cl)c2c1COc1cc(Br)ccc1-2. The highest BCUT2D eigenvalue weighted by Crippen LogP contribution is 2.42. The second-order valence-corrected chi connectivity index (χ2v) is 7.18. The summed E-state index contributed by atoms with van der Waals surface area (Å²) in [6.07, 6.45) is 0. The normalized spacial score (nSPS) is 12.3. The molecule has 0 fully saturated rings. The van der Waals surface area contributed by atoms with Gasteiger partial charge in [0.1, 0.15) is 12.4 Å². The summed E-state index contributed by atoms with van der Waals surface area (Å²) in [6, 6.07) is 10.5. The smallest absolute Gasteiger partial charge is 0.356 e. The molecule has 1 aromatic heterocycles. The number of aromatic nitrogens is 2. The summed E-state index contributed by atoms with van der Waals surface area (Å²) >= 11 is 15.7. The van der Waals surface area contributed by atoms with E-state index in [0.29, 0.717) is 32.7 Å². The second kappa shape index (κ2) is 6.05. The van der Waals surface area contributed by atoms with Crippen LogP contribution in [0.25, 0.3) is 16.9 Å². The van der Waals surface area contributed by atoms with E-state index in [1.165, 1.54) is 4.68 Å². The maximum absolute atomic E-state index is 11.6. The highest BCUT2D eigenvalue weighted by molar-refractivity contribution is 9.10. The average Bonchev–Trinajstić information content (AvgIpc) is 2.94. The van der Waals surface area contributed by atoms with Crippen LogP contribution in [0.3, 0.4) is 0 Å². The van der Waals surface area contributed by atoms with Gasteiger partial charge in [-0.05, 0) is 36.4 Å². The molecule has 0 radical (unpaired) electrons. The van der Waals surface area contributed by atoms with Gasteiger partial charge in [0.15, 0.2) is 5.69 Å². The van der Waals surface area contributed by atoms with E-state index < -0.39 is 5.97 Å². The van der Waals surface area contributed by atoms with Crippen molar-refractivity contribution in [2.24, 2.45) is 0 Å². The predicted molar refractivity (Wildman–Crippen MR) is 98.0 cm³/mol. The lowest BCUT2D eigenvalue weighted by molar-refractivity contribution is 0.0687. The molecule has 0 bridgehead atoms. The van der Waals surface area contributed by atoms with Crippen molar-refractivity contribution in [3.8, 4) is 22.7 Å². The largest absolute Gasteiger partial charge is 0.488 e. The Kier molecular flexibility index (Phi) is 3.98. The van der Waals surface area contributed by atoms with Crippen LogP contribution >= 0.6 is 39.1 Å². The van der Waals surface area contributed by atoms with Gasteiger partial charge in [-0.3, -0.25) is 0 Å². The quantitative estimate of drug-likeness (QED) is 0.596. The summed E-state index contributed by atoms with van der Waals surface area (Å²) in [7, 11) is 0. The van der Waals surface area contributed by atoms with Crippen molar-refractivity contribution in [3.63, 3.8) is 0 Å². The Morgan fingerprint density at radius 3 is 2.76 bits per heavy atom. The fourth-order valence-electron chi connectivity index (χ4n) is 2.82. The first-order chi connectivity index (χ1) is 12.0. The molecule has 0 unspecified atom stereocenters. The lowest BCUT2D eigenvalue weighted by atomic mass is 10.0. The van der Waals surface area contributed by atoms with Crippen LogP contribution in [0.5, 0.6) is 5.75 Å². The number of carboxylic acids is 1. The summed E-state index contributed by atoms with van der Waals surface area (Å²) in [6.45, 7) is 0.117. The number of halogens is 3. The van der Waals surface area contributed by atoms with Crippen LogP contribution in [0.15, 0.2) is 40.9 Å². The minimum atomic E-state index is -1.12. The highest BCUT2D eigenvalue weighted by atomic mass is 79.9. The highest BCUT2D eigenvalue weighted by Gasteiger charge is 2.30. The van der Waals surface area contributed by atoms with E-state index in [-0.39, 0.29) is 12.3 Å². The van der Waals surface area contributed by atoms with Crippen LogP contribution in [0, 0.1) is 0 Å². The minimum absolute atomic E-state index is 0.0606. The number of hydrogen-bond acceptors (Lipinski definition) is 3. The standard InChI is InChI=1S/C17H9BrCl2N2O3/c18-8-1-3-10-14(5-8)25-7-11-15(17(23)24)21-22(16(10)11)13-4-2-9(19)6-12(13)20/h1-6H,7H2,(H,23,24). The van der Waals surface area contributed by atoms with Crippen LogP contribution in [-0.4, -0.2) is 20.9 Å². The van der Waals surface area contributed by atoms with Gasteiger partial charge in [-0.1, -0.05) is 39.1 Å². The van der Waals surface area contributed by atoms with Gasteiger partial charge < -0.3 is 9.84 Å². The van der Waals surface area contributed by atoms with Crippen LogP contribution < -0.4 is 4.74 Å². The Morgan fingerprint density at radius 1 is 1.24 bits per heavy atom. The second-order valence-electron chi connectivity index (χ2n) is 5.42. The molecule has 4 rings (SSSR count). The van der Waals surface area contributed by atoms with Gasteiger partial charge >= 0.3 is 5.97 Å². The maximum Gasteiger partial charge on any atom is 0.356 e. The van der Waals surface area contributed by atoms with Crippen molar-refractivity contribution in [1.29, 1.82) is 0 Å². The number of rotatable bonds is 2. The van der Waals surface area contributed by atoms with E-state index in [1.54, 1.807) is 18.2 Å². The van der Waals surface area contributed by atoms with E-state index in [1.807, 2.05) is 18.2 Å². The Bertz CT molecular complexity index is 1030. The van der Waals surface area contributed by atoms with Gasteiger partial charge in [-0.2, -0.15) is 5.10 Å². The predicted octanol–water partition coefficient (Wildman–Crippen LogP) is 5.20. The number of benzene rings is 2. The number of fused-ring (bicyclic) bond motifs is 3. The van der Waals surface area contributed by atoms with Crippen LogP contribution in [0.2, 0.25) is 10.0 Å². The molecule has 3 aromatic rings. The average molecular weight is 440 g/mol. The number of hydrogen-bond donors (Lipinski definition) is 1. The van der Waals surface area contributed by atoms with Gasteiger partial charge in [-0.25, -0.2) is 9.48 Å². The number of carbonyl (C=O) groups is 1. The summed E-state index contributed by atoms with van der Waals surface area (Å²) in [5, 5.41) is 14.6. The number of ether oxygens (including phenoxy) is 1. The van der Waals surface area contributed by atoms with Crippen LogP contribution in [0.1, 0.15) is 16.1 Å². The molecule has 0 spiro atoms. The summed E-state index contributed by atoms with van der Waals surface area (Å²) in [5.41, 5.74) is 2.39. The van der Waals surface area contributed by atoms with Crippen molar-refractivity contribution >= 4 is 45.1 Å². The van der Waals surface area contributed by atoms with E-state index >= 15 is 0 Å². The Morgan fingerprint density at radius 2 is 2.04 bits per heavy atom. The number of nitrogens with zero attached hydrogens (tertiary/aromatic N) is 2. The first kappa shape index (κ1) is 16.4. The van der Waals surface area contributed by atoms with E-state index in [9.17, 15) is 9.90 Å². The lowest BCUT2D eigenvalue weighted by Crippen LogP contribution is -2.09. The third-order valence-corrected chi connectivity index (χ3v) is 4.93. The summed E-state index contributed by atoms with van der Waals surface area (Å²) < 4.78 is 8.12. The molecule has 1 N–H and O–H groups in total. The molecule has 0 saturated carbocycles. The third kappa shape index (κ3) is 2.70. The van der Waals surface area contributed by atoms with Gasteiger partial charge in [0, 0.05) is 15.1 Å². The molecule has 5 nitrogen and oxygen atoms in total. The molecule has 0 saturated heterocycles. The zero-order valence-electron chi connectivity index (χ0n) is 12.5. The maximum atomic E-state index is 11.6. The zero-order chi connectivity index (χ0) is 17.7. The molecule has 1 aliphatic heterocycles. The third-order valence-electron chi connectivity index (χ3n) is 3.89. The zero-order valence-corrected chi connectivity index (χ0v) is 15.6. The molecular weight excluding hydrogens is 431 g/mol. The van der Waals surface area contributed by atoms with Crippen LogP contribution in [-0.2, 0) is 6.61 Å². The van der Waals surface area contributed by atoms with Crippen molar-refractivity contribution in [2.75, 3.05) is 0 Å². The van der Waals surface area contributed by atoms with E-state index in [0.717, 1.165) is 10.0 Å². The molecule has 2 heterocycles. The fourth-order valence-corrected chi connectivity index (χ4v) is 3.65. The fraction of sp³-hybridized carbons (Fsp3) is 0.0588. The van der Waals surface area contributed by atoms with E-state index in [4.69, 9.17) is 27.9 Å². The lowest BCUT2D eigenvalue weighted by Gasteiger charge is -2.20. The molecule has 25 heavy (non-hydrogen) atoms. The Hall–Kier alpha value is -2.02. The molecule has 8 heteroatoms. The van der Waals surface area contributed by atoms with Crippen molar-refractivity contribution in [3.05, 3.63) is 62.2 Å². The van der Waals surface area contributed by atoms with Crippen LogP contribution in [0.4, 0.5) is 0 Å². The first-order valence-electron chi connectivity index (χ1n) is 7.19. The van der Waals surface area contributed by atoms with Crippen molar-refractivity contribution < 1.29 is 14.6 Å². The summed E-state index contributed by atoms with van der Waals surface area (Å²) in [5.74, 6) is -0.478. The van der Waals surface area contributed by atoms with E-state index in [2.05, 4.69) is 21.0 Å². The monoisotopic (exact) mass is 438 g/mol. The number of carboxylic acid groups (broad SMARTS) is 1. The molecule has 0 amide bonds. The molecule has 1 aliphatic rings. The van der Waals surface area contributed by atoms with Gasteiger partial charge in [0.25, 0.3) is 0 Å². The first-order valence-corrected chi connectivity index (χ1v) is 8.74. The number of aromatic carboxylic acids is 1. The topological polar surface area (TPSA) is 64.3 Å². The van der Waals surface area contributed by atoms with Gasteiger partial charge in [0.05, 0.1) is 22.0 Å².